The highest BCUT2D eigenvalue weighted by Crippen LogP contribution is 2.20. The van der Waals surface area contributed by atoms with Gasteiger partial charge in [0.25, 0.3) is 0 Å². The number of aliphatic imine (C=N–C) groups is 1. The number of aromatic nitrogens is 2. The van der Waals surface area contributed by atoms with Crippen LogP contribution in [0.3, 0.4) is 0 Å². The number of aryl methyl sites for hydroxylation is 2. The van der Waals surface area contributed by atoms with Gasteiger partial charge in [0.1, 0.15) is 5.01 Å². The number of rotatable bonds is 5. The monoisotopic (exact) mass is 355 g/mol. The Bertz CT molecular complexity index is 850. The molecular formula is C18H21N5OS. The molecule has 0 aliphatic rings. The zero-order valence-corrected chi connectivity index (χ0v) is 15.4. The quantitative estimate of drug-likeness (QED) is 0.543. The van der Waals surface area contributed by atoms with Gasteiger partial charge in [0.05, 0.1) is 19.3 Å². The topological polar surface area (TPSA) is 75.3 Å². The second-order valence-corrected chi connectivity index (χ2v) is 6.95. The first kappa shape index (κ1) is 17.2. The van der Waals surface area contributed by atoms with Crippen LogP contribution in [0.25, 0.3) is 11.3 Å². The third-order valence-corrected chi connectivity index (χ3v) is 4.51. The fourth-order valence-electron chi connectivity index (χ4n) is 2.27. The molecular weight excluding hydrogens is 334 g/mol. The minimum absolute atomic E-state index is 0.461. The standard InChI is InChI=1S/C18H21N5OS/c1-12-4-6-14(7-5-12)15-9-20-16(24-15)10-22-18(19-3)23-11-17-21-8-13(2)25-17/h4-9H,10-11H2,1-3H3,(H2,19,22,23). The maximum atomic E-state index is 5.80. The lowest BCUT2D eigenvalue weighted by Gasteiger charge is -2.09. The van der Waals surface area contributed by atoms with Gasteiger partial charge in [0.2, 0.25) is 5.89 Å². The van der Waals surface area contributed by atoms with Crippen LogP contribution < -0.4 is 10.6 Å². The molecule has 3 rings (SSSR count). The largest absolute Gasteiger partial charge is 0.439 e. The van der Waals surface area contributed by atoms with Crippen LogP contribution >= 0.6 is 11.3 Å². The number of guanidine groups is 1. The van der Waals surface area contributed by atoms with E-state index in [9.17, 15) is 0 Å². The van der Waals surface area contributed by atoms with Crippen molar-refractivity contribution >= 4 is 17.3 Å². The molecule has 1 aromatic carbocycles. The normalized spacial score (nSPS) is 11.6. The molecule has 6 nitrogen and oxygen atoms in total. The fraction of sp³-hybridized carbons (Fsp3) is 0.278. The van der Waals surface area contributed by atoms with E-state index in [2.05, 4.69) is 44.7 Å². The maximum Gasteiger partial charge on any atom is 0.214 e. The Kier molecular flexibility index (Phi) is 5.45. The van der Waals surface area contributed by atoms with Crippen molar-refractivity contribution in [3.63, 3.8) is 0 Å². The molecule has 2 heterocycles. The van der Waals surface area contributed by atoms with Crippen LogP contribution in [0.1, 0.15) is 21.3 Å². The van der Waals surface area contributed by atoms with E-state index in [1.165, 1.54) is 10.4 Å². The van der Waals surface area contributed by atoms with E-state index in [0.29, 0.717) is 24.9 Å². The fourth-order valence-corrected chi connectivity index (χ4v) is 2.99. The summed E-state index contributed by atoms with van der Waals surface area (Å²) >= 11 is 1.67. The number of benzene rings is 1. The second-order valence-electron chi connectivity index (χ2n) is 5.63. The van der Waals surface area contributed by atoms with Crippen LogP contribution in [-0.2, 0) is 13.1 Å². The lowest BCUT2D eigenvalue weighted by molar-refractivity contribution is 0.497. The van der Waals surface area contributed by atoms with Crippen LogP contribution in [-0.4, -0.2) is 23.0 Å². The first-order valence-corrected chi connectivity index (χ1v) is 8.83. The van der Waals surface area contributed by atoms with E-state index >= 15 is 0 Å². The summed E-state index contributed by atoms with van der Waals surface area (Å²) < 4.78 is 5.80. The molecule has 0 bridgehead atoms. The van der Waals surface area contributed by atoms with Crippen molar-refractivity contribution in [3.8, 4) is 11.3 Å². The van der Waals surface area contributed by atoms with Crippen LogP contribution in [0.4, 0.5) is 0 Å². The van der Waals surface area contributed by atoms with Gasteiger partial charge in [-0.25, -0.2) is 9.97 Å². The third-order valence-electron chi connectivity index (χ3n) is 3.60. The van der Waals surface area contributed by atoms with Gasteiger partial charge in [0, 0.05) is 23.7 Å². The lowest BCUT2D eigenvalue weighted by atomic mass is 10.1. The Hall–Kier alpha value is -2.67. The molecule has 130 valence electrons. The predicted molar refractivity (Wildman–Crippen MR) is 101 cm³/mol. The van der Waals surface area contributed by atoms with Crippen molar-refractivity contribution in [2.75, 3.05) is 7.05 Å². The summed E-state index contributed by atoms with van der Waals surface area (Å²) in [7, 11) is 1.73. The number of oxazole rings is 1. The molecule has 0 spiro atoms. The zero-order chi connectivity index (χ0) is 17.6. The summed E-state index contributed by atoms with van der Waals surface area (Å²) in [5.74, 6) is 2.06. The molecule has 2 N–H and O–H groups in total. The van der Waals surface area contributed by atoms with Crippen LogP contribution in [0.15, 0.2) is 46.1 Å². The SMILES string of the molecule is CN=C(NCc1ncc(-c2ccc(C)cc2)o1)NCc1ncc(C)s1. The molecule has 0 radical (unpaired) electrons. The molecule has 7 heteroatoms. The second kappa shape index (κ2) is 7.94. The maximum absolute atomic E-state index is 5.80. The van der Waals surface area contributed by atoms with Gasteiger partial charge in [0.15, 0.2) is 11.7 Å². The average molecular weight is 355 g/mol. The van der Waals surface area contributed by atoms with Gasteiger partial charge in [-0.2, -0.15) is 0 Å². The highest BCUT2D eigenvalue weighted by Gasteiger charge is 2.07. The number of hydrogen-bond donors (Lipinski definition) is 2. The Morgan fingerprint density at radius 3 is 2.52 bits per heavy atom. The molecule has 0 fully saturated rings. The molecule has 0 aliphatic carbocycles. The summed E-state index contributed by atoms with van der Waals surface area (Å²) in [6, 6.07) is 8.18. The van der Waals surface area contributed by atoms with Gasteiger partial charge in [-0.15, -0.1) is 11.3 Å². The Labute approximate surface area is 151 Å². The third kappa shape index (κ3) is 4.67. The van der Waals surface area contributed by atoms with Crippen molar-refractivity contribution in [3.05, 3.63) is 58.0 Å². The molecule has 0 amide bonds. The minimum atomic E-state index is 0.461. The van der Waals surface area contributed by atoms with Crippen LogP contribution in [0.5, 0.6) is 0 Å². The van der Waals surface area contributed by atoms with E-state index in [1.54, 1.807) is 24.6 Å². The van der Waals surface area contributed by atoms with Gasteiger partial charge >= 0.3 is 0 Å². The predicted octanol–water partition coefficient (Wildman–Crippen LogP) is 3.28. The molecule has 3 aromatic rings. The van der Waals surface area contributed by atoms with Crippen LogP contribution in [0.2, 0.25) is 0 Å². The smallest absolute Gasteiger partial charge is 0.214 e. The summed E-state index contributed by atoms with van der Waals surface area (Å²) in [5.41, 5.74) is 2.24. The van der Waals surface area contributed by atoms with E-state index in [4.69, 9.17) is 4.42 Å². The first-order valence-electron chi connectivity index (χ1n) is 8.01. The molecule has 0 atom stereocenters. The lowest BCUT2D eigenvalue weighted by Crippen LogP contribution is -2.36. The molecule has 0 unspecified atom stereocenters. The number of thiazole rings is 1. The first-order chi connectivity index (χ1) is 12.1. The highest BCUT2D eigenvalue weighted by atomic mass is 32.1. The van der Waals surface area contributed by atoms with Crippen molar-refractivity contribution in [1.82, 2.24) is 20.6 Å². The highest BCUT2D eigenvalue weighted by molar-refractivity contribution is 7.11. The van der Waals surface area contributed by atoms with Crippen molar-refractivity contribution < 1.29 is 4.42 Å². The van der Waals surface area contributed by atoms with E-state index in [-0.39, 0.29) is 0 Å². The van der Waals surface area contributed by atoms with Crippen molar-refractivity contribution in [1.29, 1.82) is 0 Å². The molecule has 0 saturated carbocycles. The van der Waals surface area contributed by atoms with Gasteiger partial charge in [-0.1, -0.05) is 29.8 Å². The van der Waals surface area contributed by atoms with Crippen molar-refractivity contribution in [2.45, 2.75) is 26.9 Å². The summed E-state index contributed by atoms with van der Waals surface area (Å²) in [6.45, 7) is 5.20. The number of hydrogen-bond acceptors (Lipinski definition) is 5. The van der Waals surface area contributed by atoms with Gasteiger partial charge < -0.3 is 15.1 Å². The van der Waals surface area contributed by atoms with E-state index in [0.717, 1.165) is 16.3 Å². The Morgan fingerprint density at radius 2 is 1.84 bits per heavy atom. The van der Waals surface area contributed by atoms with Crippen LogP contribution in [0, 0.1) is 13.8 Å². The zero-order valence-electron chi connectivity index (χ0n) is 14.5. The Morgan fingerprint density at radius 1 is 1.08 bits per heavy atom. The van der Waals surface area contributed by atoms with Crippen molar-refractivity contribution in [2.24, 2.45) is 4.99 Å². The number of nitrogens with one attached hydrogen (secondary N) is 2. The molecule has 0 saturated heterocycles. The number of nitrogens with zero attached hydrogens (tertiary/aromatic N) is 3. The van der Waals surface area contributed by atoms with Gasteiger partial charge in [-0.3, -0.25) is 4.99 Å². The van der Waals surface area contributed by atoms with E-state index in [1.807, 2.05) is 25.3 Å². The summed E-state index contributed by atoms with van der Waals surface area (Å²) in [5, 5.41) is 7.45. The summed E-state index contributed by atoms with van der Waals surface area (Å²) in [4.78, 5) is 14.0. The summed E-state index contributed by atoms with van der Waals surface area (Å²) in [6.07, 6.45) is 3.62. The molecule has 2 aromatic heterocycles. The Balaban J connectivity index is 1.54. The average Bonchev–Trinajstić information content (AvgIpc) is 3.25. The van der Waals surface area contributed by atoms with E-state index < -0.39 is 0 Å². The minimum Gasteiger partial charge on any atom is -0.439 e. The molecule has 25 heavy (non-hydrogen) atoms. The molecule has 0 aliphatic heterocycles. The van der Waals surface area contributed by atoms with Gasteiger partial charge in [-0.05, 0) is 13.8 Å².